The Morgan fingerprint density at radius 3 is 2.00 bits per heavy atom. The standard InChI is InChI=1S/ClNO5S/c1-7-8(5,6)2(3)4. The van der Waals surface area contributed by atoms with Gasteiger partial charge in [0.05, 0.1) is 11.9 Å². The van der Waals surface area contributed by atoms with Gasteiger partial charge >= 0.3 is 10.3 Å². The molecule has 48 valence electrons. The number of nitro groups is 1. The molecule has 0 aromatic heterocycles. The van der Waals surface area contributed by atoms with Crippen LogP contribution in [0.15, 0.2) is 0 Å². The van der Waals surface area contributed by atoms with Gasteiger partial charge in [-0.25, -0.2) is 10.1 Å². The van der Waals surface area contributed by atoms with Crippen molar-refractivity contribution in [1.29, 1.82) is 0 Å². The molecule has 0 unspecified atom stereocenters. The molecule has 0 atom stereocenters. The van der Waals surface area contributed by atoms with Crippen LogP contribution in [-0.2, 0) is 14.0 Å². The first kappa shape index (κ1) is 7.60. The Kier molecular flexibility index (Phi) is 2.13. The van der Waals surface area contributed by atoms with E-state index in [0.717, 1.165) is 0 Å². The Bertz CT molecular complexity index is 179. The minimum atomic E-state index is -4.75. The van der Waals surface area contributed by atoms with Gasteiger partial charge < -0.3 is 0 Å². The molecular weight excluding hydrogens is 162 g/mol. The third-order valence-corrected chi connectivity index (χ3v) is 1.26. The van der Waals surface area contributed by atoms with Crippen molar-refractivity contribution in [3.63, 3.8) is 0 Å². The summed E-state index contributed by atoms with van der Waals surface area (Å²) in [6, 6.07) is 0. The van der Waals surface area contributed by atoms with Crippen molar-refractivity contribution in [1.82, 2.24) is 0 Å². The fraction of sp³-hybridized carbons (Fsp3) is 0. The predicted molar refractivity (Wildman–Crippen MR) is 22.9 cm³/mol. The smallest absolute Gasteiger partial charge is 0.245 e. The van der Waals surface area contributed by atoms with Crippen molar-refractivity contribution < 1.29 is 16.5 Å². The molecule has 0 saturated heterocycles. The van der Waals surface area contributed by atoms with Crippen molar-refractivity contribution in [3.05, 3.63) is 10.1 Å². The monoisotopic (exact) mass is 161 g/mol. The van der Waals surface area contributed by atoms with Crippen LogP contribution < -0.4 is 0 Å². The molecule has 8 heavy (non-hydrogen) atoms. The van der Waals surface area contributed by atoms with E-state index in [1.165, 1.54) is 0 Å². The van der Waals surface area contributed by atoms with Crippen LogP contribution in [0.4, 0.5) is 0 Å². The summed E-state index contributed by atoms with van der Waals surface area (Å²) >= 11 is 4.16. The molecule has 0 N–H and O–H groups in total. The normalized spacial score (nSPS) is 11.1. The Balaban J connectivity index is 4.42. The van der Waals surface area contributed by atoms with Gasteiger partial charge in [-0.15, -0.1) is 8.42 Å². The van der Waals surface area contributed by atoms with Gasteiger partial charge in [0.25, 0.3) is 0 Å². The van der Waals surface area contributed by atoms with E-state index in [1.807, 2.05) is 0 Å². The van der Waals surface area contributed by atoms with Crippen LogP contribution >= 0.6 is 11.9 Å². The second kappa shape index (κ2) is 2.25. The lowest BCUT2D eigenvalue weighted by Gasteiger charge is -1.81. The summed E-state index contributed by atoms with van der Waals surface area (Å²) < 4.78 is 20.6. The molecule has 0 saturated carbocycles. The molecule has 0 aromatic rings. The first-order chi connectivity index (χ1) is 3.50. The molecule has 0 rings (SSSR count). The Hall–Kier alpha value is -0.400. The van der Waals surface area contributed by atoms with E-state index in [4.69, 9.17) is 0 Å². The topological polar surface area (TPSA) is 86.5 Å². The van der Waals surface area contributed by atoms with Crippen molar-refractivity contribution in [2.75, 3.05) is 0 Å². The summed E-state index contributed by atoms with van der Waals surface area (Å²) in [5.74, 6) is 0. The highest BCUT2D eigenvalue weighted by atomic mass is 35.5. The highest BCUT2D eigenvalue weighted by Crippen LogP contribution is 1.94. The van der Waals surface area contributed by atoms with Crippen LogP contribution in [0.1, 0.15) is 0 Å². The van der Waals surface area contributed by atoms with Crippen LogP contribution in [-0.4, -0.2) is 12.7 Å². The maximum atomic E-state index is 9.65. The first-order valence-corrected chi connectivity index (χ1v) is 2.88. The quantitative estimate of drug-likeness (QED) is 0.409. The van der Waals surface area contributed by atoms with Crippen LogP contribution in [0.5, 0.6) is 0 Å². The Morgan fingerprint density at radius 1 is 1.62 bits per heavy atom. The molecule has 0 amide bonds. The van der Waals surface area contributed by atoms with Gasteiger partial charge in [0.15, 0.2) is 4.33 Å². The van der Waals surface area contributed by atoms with Gasteiger partial charge in [-0.2, -0.15) is 0 Å². The van der Waals surface area contributed by atoms with Crippen molar-refractivity contribution in [2.24, 2.45) is 0 Å². The van der Waals surface area contributed by atoms with Gasteiger partial charge in [0.1, 0.15) is 0 Å². The van der Waals surface area contributed by atoms with E-state index in [2.05, 4.69) is 15.6 Å². The zero-order valence-corrected chi connectivity index (χ0v) is 4.85. The maximum Gasteiger partial charge on any atom is 0.583 e. The van der Waals surface area contributed by atoms with Crippen LogP contribution in [0, 0.1) is 10.1 Å². The van der Waals surface area contributed by atoms with Gasteiger partial charge in [-0.1, -0.05) is 3.74 Å². The SMILES string of the molecule is O=[N+]([O-])S(=O)(=O)OCl. The minimum absolute atomic E-state index is 1.64. The average Bonchev–Trinajstić information content (AvgIpc) is 1.67. The lowest BCUT2D eigenvalue weighted by molar-refractivity contribution is -0.314. The van der Waals surface area contributed by atoms with E-state index in [9.17, 15) is 18.5 Å². The van der Waals surface area contributed by atoms with Crippen molar-refractivity contribution in [3.8, 4) is 0 Å². The van der Waals surface area contributed by atoms with E-state index >= 15 is 0 Å². The zero-order valence-electron chi connectivity index (χ0n) is 3.27. The number of nitrogens with zero attached hydrogens (tertiary/aromatic N) is 1. The Labute approximate surface area is 49.6 Å². The largest absolute Gasteiger partial charge is 0.583 e. The molecule has 8 heteroatoms. The van der Waals surface area contributed by atoms with Gasteiger partial charge in [0, 0.05) is 0 Å². The molecule has 0 heterocycles. The fourth-order valence-electron chi connectivity index (χ4n) is 0.0230. The molecule has 0 radical (unpaired) electrons. The van der Waals surface area contributed by atoms with Crippen LogP contribution in [0.2, 0.25) is 0 Å². The summed E-state index contributed by atoms with van der Waals surface area (Å²) in [4.78, 5) is 9.26. The molecular formula is ClNO5S. The van der Waals surface area contributed by atoms with E-state index in [0.29, 0.717) is 0 Å². The second-order valence-electron chi connectivity index (χ2n) is 0.714. The second-order valence-corrected chi connectivity index (χ2v) is 2.37. The summed E-state index contributed by atoms with van der Waals surface area (Å²) in [5.41, 5.74) is 0. The van der Waals surface area contributed by atoms with E-state index in [1.54, 1.807) is 0 Å². The summed E-state index contributed by atoms with van der Waals surface area (Å²) in [6.45, 7) is 0. The highest BCUT2D eigenvalue weighted by molar-refractivity contribution is 7.81. The van der Waals surface area contributed by atoms with Crippen molar-refractivity contribution >= 4 is 22.2 Å². The minimum Gasteiger partial charge on any atom is -0.245 e. The highest BCUT2D eigenvalue weighted by Gasteiger charge is 2.24. The Morgan fingerprint density at radius 2 is 2.00 bits per heavy atom. The fourth-order valence-corrected chi connectivity index (χ4v) is 0.207. The number of halogens is 1. The number of hydrogen-bond donors (Lipinski definition) is 0. The first-order valence-electron chi connectivity index (χ1n) is 1.20. The summed E-state index contributed by atoms with van der Waals surface area (Å²) in [6.07, 6.45) is 0. The molecule has 0 aliphatic rings. The molecule has 0 spiro atoms. The van der Waals surface area contributed by atoms with E-state index < -0.39 is 14.6 Å². The average molecular weight is 162 g/mol. The molecule has 0 bridgehead atoms. The van der Waals surface area contributed by atoms with Crippen LogP contribution in [0.3, 0.4) is 0 Å². The predicted octanol–water partition coefficient (Wildman–Crippen LogP) is -0.322. The zero-order chi connectivity index (χ0) is 6.78. The van der Waals surface area contributed by atoms with Gasteiger partial charge in [-0.3, -0.25) is 0 Å². The molecule has 6 nitrogen and oxygen atoms in total. The lowest BCUT2D eigenvalue weighted by atomic mass is 13.4. The lowest BCUT2D eigenvalue weighted by Crippen LogP contribution is -2.10. The van der Waals surface area contributed by atoms with Gasteiger partial charge in [0.2, 0.25) is 0 Å². The van der Waals surface area contributed by atoms with E-state index in [-0.39, 0.29) is 0 Å². The van der Waals surface area contributed by atoms with Crippen molar-refractivity contribution in [2.45, 2.75) is 0 Å². The molecule has 0 aromatic carbocycles. The molecule has 0 aliphatic heterocycles. The third kappa shape index (κ3) is 1.60. The third-order valence-electron chi connectivity index (χ3n) is 0.262. The number of hydrogen-bond acceptors (Lipinski definition) is 5. The number of rotatable bonds is 2. The molecule has 0 fully saturated rings. The maximum absolute atomic E-state index is 9.65. The van der Waals surface area contributed by atoms with Gasteiger partial charge in [-0.05, 0) is 0 Å². The molecule has 0 aliphatic carbocycles. The summed E-state index contributed by atoms with van der Waals surface area (Å²) in [5, 5.41) is 9.26. The van der Waals surface area contributed by atoms with Crippen LogP contribution in [0.25, 0.3) is 0 Å². The summed E-state index contributed by atoms with van der Waals surface area (Å²) in [7, 11) is -4.75.